The second-order valence-corrected chi connectivity index (χ2v) is 5.93. The smallest absolute Gasteiger partial charge is 0.281 e. The number of pyridine rings is 1. The summed E-state index contributed by atoms with van der Waals surface area (Å²) in [5, 5.41) is 7.83. The van der Waals surface area contributed by atoms with Gasteiger partial charge in [-0.2, -0.15) is 0 Å². The molecule has 1 aromatic heterocycles. The molecule has 6 heteroatoms. The number of nitrogens with one attached hydrogen (secondary N) is 3. The molecule has 0 saturated heterocycles. The summed E-state index contributed by atoms with van der Waals surface area (Å²) in [6.07, 6.45) is 1.82. The van der Waals surface area contributed by atoms with Crippen LogP contribution in [0.15, 0.2) is 30.5 Å². The molecule has 1 aliphatic heterocycles. The van der Waals surface area contributed by atoms with Gasteiger partial charge in [0.05, 0.1) is 5.69 Å². The molecule has 6 nitrogen and oxygen atoms in total. The lowest BCUT2D eigenvalue weighted by atomic mass is 9.95. The first kappa shape index (κ1) is 16.6. The van der Waals surface area contributed by atoms with Gasteiger partial charge in [0.15, 0.2) is 5.66 Å². The van der Waals surface area contributed by atoms with Crippen molar-refractivity contribution in [3.8, 4) is 11.1 Å². The quantitative estimate of drug-likeness (QED) is 0.742. The number of hydrogen-bond donors (Lipinski definition) is 3. The van der Waals surface area contributed by atoms with Crippen LogP contribution in [-0.2, 0) is 10.5 Å². The van der Waals surface area contributed by atoms with Crippen LogP contribution >= 0.6 is 0 Å². The lowest BCUT2D eigenvalue weighted by Crippen LogP contribution is -2.59. The van der Waals surface area contributed by atoms with Crippen LogP contribution in [0, 0.1) is 13.8 Å². The first-order valence-electron chi connectivity index (χ1n) is 7.97. The fourth-order valence-corrected chi connectivity index (χ4v) is 3.54. The highest BCUT2D eigenvalue weighted by atomic mass is 16.2. The molecule has 2 aromatic rings. The Hall–Kier alpha value is -2.28. The van der Waals surface area contributed by atoms with Crippen molar-refractivity contribution in [3.05, 3.63) is 47.3 Å². The summed E-state index contributed by atoms with van der Waals surface area (Å²) in [5.41, 5.74) is 8.10. The molecule has 1 aromatic carbocycles. The molecule has 1 aliphatic rings. The maximum Gasteiger partial charge on any atom is 0.281 e. The number of nitrogens with zero attached hydrogens (tertiary/aromatic N) is 2. The van der Waals surface area contributed by atoms with Gasteiger partial charge in [-0.05, 0) is 51.2 Å². The first-order chi connectivity index (χ1) is 11.5. The number of aryl methyl sites for hydroxylation is 2. The minimum Gasteiger partial charge on any atom is -0.291 e. The van der Waals surface area contributed by atoms with Crippen molar-refractivity contribution in [1.82, 2.24) is 21.0 Å². The molecule has 3 rings (SSSR count). The summed E-state index contributed by atoms with van der Waals surface area (Å²) in [7, 11) is 5.30. The number of amides is 1. The van der Waals surface area contributed by atoms with E-state index in [1.54, 1.807) is 26.2 Å². The van der Waals surface area contributed by atoms with Crippen molar-refractivity contribution in [3.63, 3.8) is 0 Å². The van der Waals surface area contributed by atoms with Gasteiger partial charge in [-0.3, -0.25) is 20.4 Å². The van der Waals surface area contributed by atoms with Crippen LogP contribution in [0.5, 0.6) is 0 Å². The fourth-order valence-electron chi connectivity index (χ4n) is 3.54. The second kappa shape index (κ2) is 5.98. The van der Waals surface area contributed by atoms with E-state index < -0.39 is 5.66 Å². The zero-order valence-corrected chi connectivity index (χ0v) is 14.7. The maximum absolute atomic E-state index is 12.9. The first-order valence-corrected chi connectivity index (χ1v) is 7.97. The minimum absolute atomic E-state index is 0.0817. The zero-order chi connectivity index (χ0) is 17.5. The molecule has 0 aliphatic carbocycles. The molecule has 3 N–H and O–H groups in total. The Morgan fingerprint density at radius 1 is 1.08 bits per heavy atom. The number of rotatable bonds is 4. The summed E-state index contributed by atoms with van der Waals surface area (Å²) in [5.74, 6) is -0.0817. The van der Waals surface area contributed by atoms with E-state index in [0.29, 0.717) is 0 Å². The number of benzene rings is 1. The second-order valence-electron chi connectivity index (χ2n) is 5.93. The summed E-state index contributed by atoms with van der Waals surface area (Å²) in [6, 6.07) is 8.09. The predicted octanol–water partition coefficient (Wildman–Crippen LogP) is 1.44. The zero-order valence-electron chi connectivity index (χ0n) is 14.7. The van der Waals surface area contributed by atoms with Gasteiger partial charge in [-0.25, -0.2) is 10.4 Å². The highest BCUT2D eigenvalue weighted by molar-refractivity contribution is 6.07. The van der Waals surface area contributed by atoms with Gasteiger partial charge in [-0.15, -0.1) is 0 Å². The minimum atomic E-state index is -0.921. The van der Waals surface area contributed by atoms with E-state index >= 15 is 0 Å². The third-order valence-electron chi connectivity index (χ3n) is 4.78. The lowest BCUT2D eigenvalue weighted by Gasteiger charge is -2.27. The van der Waals surface area contributed by atoms with Gasteiger partial charge in [0.25, 0.3) is 5.91 Å². The van der Waals surface area contributed by atoms with Crippen LogP contribution in [0.25, 0.3) is 11.1 Å². The standard InChI is InChI=1S/C18H23N5O/c1-11-8-9-22-12(2)16(11)13-6-7-14-15(10-13)23(21-5)17(24)18(14,19-3)20-4/h6-10,19-21H,1-5H3. The summed E-state index contributed by atoms with van der Waals surface area (Å²) in [4.78, 5) is 17.3. The summed E-state index contributed by atoms with van der Waals surface area (Å²) in [6.45, 7) is 4.08. The Morgan fingerprint density at radius 2 is 1.79 bits per heavy atom. The molecule has 0 unspecified atom stereocenters. The average molecular weight is 325 g/mol. The van der Waals surface area contributed by atoms with E-state index in [9.17, 15) is 4.79 Å². The number of likely N-dealkylation sites (N-methyl/N-ethyl adjacent to an activating group) is 2. The molecule has 2 heterocycles. The molecule has 0 spiro atoms. The maximum atomic E-state index is 12.9. The van der Waals surface area contributed by atoms with Crippen LogP contribution in [0.3, 0.4) is 0 Å². The van der Waals surface area contributed by atoms with Crippen molar-refractivity contribution >= 4 is 11.6 Å². The monoisotopic (exact) mass is 325 g/mol. The molecular formula is C18H23N5O. The third kappa shape index (κ3) is 2.15. The van der Waals surface area contributed by atoms with Crippen molar-refractivity contribution in [2.75, 3.05) is 26.2 Å². The Balaban J connectivity index is 2.22. The van der Waals surface area contributed by atoms with Gasteiger partial charge >= 0.3 is 0 Å². The summed E-state index contributed by atoms with van der Waals surface area (Å²) < 4.78 is 0. The molecular weight excluding hydrogens is 302 g/mol. The Bertz CT molecular complexity index is 778. The van der Waals surface area contributed by atoms with Gasteiger partial charge in [-0.1, -0.05) is 12.1 Å². The number of aromatic nitrogens is 1. The van der Waals surface area contributed by atoms with Crippen LogP contribution in [0.2, 0.25) is 0 Å². The van der Waals surface area contributed by atoms with Gasteiger partial charge < -0.3 is 0 Å². The van der Waals surface area contributed by atoms with Crippen LogP contribution < -0.4 is 21.1 Å². The Labute approximate surface area is 142 Å². The van der Waals surface area contributed by atoms with E-state index in [0.717, 1.165) is 33.6 Å². The predicted molar refractivity (Wildman–Crippen MR) is 95.5 cm³/mol. The van der Waals surface area contributed by atoms with Crippen molar-refractivity contribution < 1.29 is 4.79 Å². The highest BCUT2D eigenvalue weighted by Crippen LogP contribution is 2.40. The number of hydrogen-bond acceptors (Lipinski definition) is 5. The normalized spacial score (nSPS) is 15.7. The molecule has 0 fully saturated rings. The van der Waals surface area contributed by atoms with E-state index in [1.165, 1.54) is 0 Å². The fraction of sp³-hybridized carbons (Fsp3) is 0.333. The lowest BCUT2D eigenvalue weighted by molar-refractivity contribution is -0.125. The van der Waals surface area contributed by atoms with E-state index in [2.05, 4.69) is 28.0 Å². The number of carbonyl (C=O) groups is 1. The Morgan fingerprint density at radius 3 is 2.38 bits per heavy atom. The topological polar surface area (TPSA) is 69.3 Å². The van der Waals surface area contributed by atoms with Crippen molar-refractivity contribution in [2.45, 2.75) is 19.5 Å². The SMILES string of the molecule is CNN1C(=O)C(NC)(NC)c2ccc(-c3c(C)ccnc3C)cc21. The summed E-state index contributed by atoms with van der Waals surface area (Å²) >= 11 is 0. The van der Waals surface area contributed by atoms with Crippen LogP contribution in [0.1, 0.15) is 16.8 Å². The van der Waals surface area contributed by atoms with Crippen LogP contribution in [0.4, 0.5) is 5.69 Å². The average Bonchev–Trinajstić information content (AvgIpc) is 2.82. The highest BCUT2D eigenvalue weighted by Gasteiger charge is 2.49. The van der Waals surface area contributed by atoms with E-state index in [4.69, 9.17) is 0 Å². The van der Waals surface area contributed by atoms with Gasteiger partial charge in [0.2, 0.25) is 0 Å². The largest absolute Gasteiger partial charge is 0.291 e. The Kier molecular flexibility index (Phi) is 4.13. The molecule has 24 heavy (non-hydrogen) atoms. The van der Waals surface area contributed by atoms with E-state index in [-0.39, 0.29) is 5.91 Å². The number of hydrazine groups is 1. The molecule has 0 atom stereocenters. The number of anilines is 1. The molecule has 0 radical (unpaired) electrons. The van der Waals surface area contributed by atoms with E-state index in [1.807, 2.05) is 37.4 Å². The molecule has 0 bridgehead atoms. The third-order valence-corrected chi connectivity index (χ3v) is 4.78. The molecule has 126 valence electrons. The van der Waals surface area contributed by atoms with Gasteiger partial charge in [0, 0.05) is 30.1 Å². The molecule has 0 saturated carbocycles. The van der Waals surface area contributed by atoms with Crippen molar-refractivity contribution in [2.24, 2.45) is 0 Å². The molecule has 1 amide bonds. The van der Waals surface area contributed by atoms with Crippen molar-refractivity contribution in [1.29, 1.82) is 0 Å². The van der Waals surface area contributed by atoms with Gasteiger partial charge in [0.1, 0.15) is 0 Å². The van der Waals surface area contributed by atoms with Crippen LogP contribution in [-0.4, -0.2) is 32.0 Å². The number of carbonyl (C=O) groups excluding carboxylic acids is 1. The number of fused-ring (bicyclic) bond motifs is 1.